The zero-order valence-electron chi connectivity index (χ0n) is 12.0. The second-order valence-electron chi connectivity index (χ2n) is 6.44. The quantitative estimate of drug-likeness (QED) is 0.852. The van der Waals surface area contributed by atoms with E-state index in [2.05, 4.69) is 23.5 Å². The maximum absolute atomic E-state index is 6.08. The van der Waals surface area contributed by atoms with Gasteiger partial charge in [-0.15, -0.1) is 0 Å². The molecule has 108 valence electrons. The smallest absolute Gasteiger partial charge is 0.0942 e. The molecule has 1 N–H and O–H groups in total. The van der Waals surface area contributed by atoms with Gasteiger partial charge in [0.1, 0.15) is 0 Å². The normalized spacial score (nSPS) is 33.3. The molecule has 4 rings (SSSR count). The van der Waals surface area contributed by atoms with Crippen LogP contribution in [0.5, 0.6) is 0 Å². The van der Waals surface area contributed by atoms with E-state index in [-0.39, 0.29) is 5.60 Å². The summed E-state index contributed by atoms with van der Waals surface area (Å²) in [4.78, 5) is 0. The molecule has 3 nitrogen and oxygen atoms in total. The monoisotopic (exact) mass is 273 g/mol. The lowest BCUT2D eigenvalue weighted by molar-refractivity contribution is -0.0864. The number of benzene rings is 1. The first kappa shape index (κ1) is 12.8. The lowest BCUT2D eigenvalue weighted by Crippen LogP contribution is -2.40. The molecule has 20 heavy (non-hydrogen) atoms. The molecule has 3 aliphatic heterocycles. The van der Waals surface area contributed by atoms with E-state index in [4.69, 9.17) is 9.47 Å². The van der Waals surface area contributed by atoms with E-state index in [0.29, 0.717) is 5.92 Å². The molecule has 2 atom stereocenters. The molecule has 0 aromatic heterocycles. The minimum Gasteiger partial charge on any atom is -0.378 e. The zero-order chi connectivity index (χ0) is 13.4. The summed E-state index contributed by atoms with van der Waals surface area (Å²) in [5.74, 6) is 0.651. The Morgan fingerprint density at radius 3 is 3.15 bits per heavy atom. The predicted molar refractivity (Wildman–Crippen MR) is 77.9 cm³/mol. The van der Waals surface area contributed by atoms with Crippen LogP contribution in [0.15, 0.2) is 18.2 Å². The topological polar surface area (TPSA) is 30.5 Å². The van der Waals surface area contributed by atoms with Crippen molar-refractivity contribution < 1.29 is 9.47 Å². The Morgan fingerprint density at radius 2 is 2.25 bits per heavy atom. The van der Waals surface area contributed by atoms with Crippen molar-refractivity contribution in [2.24, 2.45) is 0 Å². The third-order valence-corrected chi connectivity index (χ3v) is 5.18. The lowest BCUT2D eigenvalue weighted by Gasteiger charge is -2.38. The number of hydrogen-bond acceptors (Lipinski definition) is 3. The van der Waals surface area contributed by atoms with Crippen LogP contribution < -0.4 is 5.32 Å². The first-order valence-electron chi connectivity index (χ1n) is 7.89. The fourth-order valence-electron chi connectivity index (χ4n) is 4.10. The molecule has 1 spiro atoms. The average molecular weight is 273 g/mol. The Kier molecular flexibility index (Phi) is 3.29. The third-order valence-electron chi connectivity index (χ3n) is 5.18. The van der Waals surface area contributed by atoms with Crippen molar-refractivity contribution in [2.75, 3.05) is 26.4 Å². The number of hydrogen-bond donors (Lipinski definition) is 1. The van der Waals surface area contributed by atoms with E-state index in [1.807, 2.05) is 0 Å². The molecule has 2 saturated heterocycles. The van der Waals surface area contributed by atoms with Crippen molar-refractivity contribution in [3.63, 3.8) is 0 Å². The second-order valence-corrected chi connectivity index (χ2v) is 6.44. The fraction of sp³-hybridized carbons (Fsp3) is 0.647. The molecule has 3 aliphatic rings. The van der Waals surface area contributed by atoms with E-state index in [1.165, 1.54) is 12.0 Å². The number of fused-ring (bicyclic) bond motifs is 1. The molecule has 0 saturated carbocycles. The summed E-state index contributed by atoms with van der Waals surface area (Å²) < 4.78 is 11.7. The molecule has 3 heteroatoms. The van der Waals surface area contributed by atoms with Crippen LogP contribution in [0.1, 0.15) is 41.9 Å². The van der Waals surface area contributed by atoms with Gasteiger partial charge in [0, 0.05) is 26.2 Å². The van der Waals surface area contributed by atoms with E-state index in [9.17, 15) is 0 Å². The van der Waals surface area contributed by atoms with Gasteiger partial charge in [-0.2, -0.15) is 0 Å². The summed E-state index contributed by atoms with van der Waals surface area (Å²) in [5.41, 5.74) is 4.70. The standard InChI is InChI=1S/C17H23NO2/c1-2-14-11-18-7-4-16(14)15(3-1)13-5-8-20-17(10-13)6-9-19-12-17/h1-3,13,18H,4-12H2. The minimum absolute atomic E-state index is 0.0125. The van der Waals surface area contributed by atoms with Gasteiger partial charge >= 0.3 is 0 Å². The van der Waals surface area contributed by atoms with Crippen LogP contribution in [0.4, 0.5) is 0 Å². The average Bonchev–Trinajstić information content (AvgIpc) is 2.94. The van der Waals surface area contributed by atoms with Crippen molar-refractivity contribution in [1.29, 1.82) is 0 Å². The van der Waals surface area contributed by atoms with Gasteiger partial charge in [-0.05, 0) is 48.4 Å². The Bertz CT molecular complexity index is 494. The number of ether oxygens (including phenoxy) is 2. The van der Waals surface area contributed by atoms with Crippen molar-refractivity contribution in [3.05, 3.63) is 34.9 Å². The molecule has 2 unspecified atom stereocenters. The molecule has 1 aromatic carbocycles. The zero-order valence-corrected chi connectivity index (χ0v) is 12.0. The molecule has 2 fully saturated rings. The molecule has 0 radical (unpaired) electrons. The highest BCUT2D eigenvalue weighted by Gasteiger charge is 2.41. The maximum atomic E-state index is 6.08. The summed E-state index contributed by atoms with van der Waals surface area (Å²) in [6, 6.07) is 6.86. The predicted octanol–water partition coefficient (Wildman–Crippen LogP) is 2.39. The van der Waals surface area contributed by atoms with Gasteiger partial charge in [0.25, 0.3) is 0 Å². The van der Waals surface area contributed by atoms with Gasteiger partial charge < -0.3 is 14.8 Å². The van der Waals surface area contributed by atoms with Gasteiger partial charge in [0.05, 0.1) is 12.2 Å². The fourth-order valence-corrected chi connectivity index (χ4v) is 4.10. The van der Waals surface area contributed by atoms with Crippen LogP contribution in [0, 0.1) is 0 Å². The van der Waals surface area contributed by atoms with E-state index in [1.54, 1.807) is 11.1 Å². The summed E-state index contributed by atoms with van der Waals surface area (Å²) in [6.07, 6.45) is 4.54. The van der Waals surface area contributed by atoms with Gasteiger partial charge in [-0.25, -0.2) is 0 Å². The SMILES string of the molecule is c1cc2c(c(C3CCOC4(CCOC4)C3)c1)CCNC2. The first-order chi connectivity index (χ1) is 9.86. The van der Waals surface area contributed by atoms with Gasteiger partial charge in [-0.1, -0.05) is 18.2 Å². The molecular formula is C17H23NO2. The third kappa shape index (κ3) is 2.18. The lowest BCUT2D eigenvalue weighted by atomic mass is 9.78. The Balaban J connectivity index is 1.64. The summed E-state index contributed by atoms with van der Waals surface area (Å²) >= 11 is 0. The van der Waals surface area contributed by atoms with Crippen molar-refractivity contribution in [3.8, 4) is 0 Å². The van der Waals surface area contributed by atoms with Crippen LogP contribution in [0.25, 0.3) is 0 Å². The van der Waals surface area contributed by atoms with Crippen LogP contribution >= 0.6 is 0 Å². The largest absolute Gasteiger partial charge is 0.378 e. The summed E-state index contributed by atoms with van der Waals surface area (Å²) in [7, 11) is 0. The second kappa shape index (κ2) is 5.14. The van der Waals surface area contributed by atoms with Crippen LogP contribution in [0.2, 0.25) is 0 Å². The summed E-state index contributed by atoms with van der Waals surface area (Å²) in [6.45, 7) is 4.68. The van der Waals surface area contributed by atoms with Crippen LogP contribution in [-0.2, 0) is 22.4 Å². The Labute approximate surface area is 120 Å². The van der Waals surface area contributed by atoms with Gasteiger partial charge in [0.15, 0.2) is 0 Å². The highest BCUT2D eigenvalue weighted by atomic mass is 16.6. The molecule has 0 bridgehead atoms. The van der Waals surface area contributed by atoms with Gasteiger partial charge in [0.2, 0.25) is 0 Å². The molecular weight excluding hydrogens is 250 g/mol. The van der Waals surface area contributed by atoms with Crippen LogP contribution in [-0.4, -0.2) is 32.0 Å². The first-order valence-corrected chi connectivity index (χ1v) is 7.89. The van der Waals surface area contributed by atoms with E-state index < -0.39 is 0 Å². The van der Waals surface area contributed by atoms with E-state index in [0.717, 1.165) is 52.2 Å². The number of rotatable bonds is 1. The van der Waals surface area contributed by atoms with Crippen molar-refractivity contribution >= 4 is 0 Å². The molecule has 0 aliphatic carbocycles. The highest BCUT2D eigenvalue weighted by Crippen LogP contribution is 2.42. The Morgan fingerprint density at radius 1 is 1.25 bits per heavy atom. The molecule has 0 amide bonds. The maximum Gasteiger partial charge on any atom is 0.0942 e. The highest BCUT2D eigenvalue weighted by molar-refractivity contribution is 5.39. The van der Waals surface area contributed by atoms with Crippen molar-refractivity contribution in [2.45, 2.75) is 43.7 Å². The minimum atomic E-state index is 0.0125. The van der Waals surface area contributed by atoms with E-state index >= 15 is 0 Å². The summed E-state index contributed by atoms with van der Waals surface area (Å²) in [5, 5.41) is 3.47. The Hall–Kier alpha value is -0.900. The van der Waals surface area contributed by atoms with Crippen molar-refractivity contribution in [1.82, 2.24) is 5.32 Å². The van der Waals surface area contributed by atoms with Crippen LogP contribution in [0.3, 0.4) is 0 Å². The molecule has 1 aromatic rings. The molecule has 3 heterocycles. The number of nitrogens with one attached hydrogen (secondary N) is 1. The van der Waals surface area contributed by atoms with Gasteiger partial charge in [-0.3, -0.25) is 0 Å².